The van der Waals surface area contributed by atoms with Crippen molar-refractivity contribution < 1.29 is 18.0 Å². The summed E-state index contributed by atoms with van der Waals surface area (Å²) in [5, 5.41) is 3.85. The lowest BCUT2D eigenvalue weighted by Crippen LogP contribution is -2.27. The zero-order chi connectivity index (χ0) is 23.7. The van der Waals surface area contributed by atoms with E-state index in [1.54, 1.807) is 42.5 Å². The first-order valence-electron chi connectivity index (χ1n) is 10.8. The molecule has 1 saturated heterocycles. The number of amides is 1. The van der Waals surface area contributed by atoms with Crippen LogP contribution in [0.25, 0.3) is 22.2 Å². The highest BCUT2D eigenvalue weighted by Crippen LogP contribution is 2.36. The third kappa shape index (κ3) is 4.28. The first-order chi connectivity index (χ1) is 16.4. The molecule has 1 aliphatic heterocycles. The van der Waals surface area contributed by atoms with Gasteiger partial charge in [0.25, 0.3) is 5.91 Å². The smallest absolute Gasteiger partial charge is 0.340 e. The van der Waals surface area contributed by atoms with Gasteiger partial charge in [-0.3, -0.25) is 9.78 Å². The number of nitrogens with zero attached hydrogens (tertiary/aromatic N) is 4. The molecule has 4 aromatic rings. The first kappa shape index (κ1) is 21.8. The predicted octanol–water partition coefficient (Wildman–Crippen LogP) is 5.69. The molecular formula is C25H20F3N5O. The molecule has 0 atom stereocenters. The molecule has 0 aliphatic carbocycles. The van der Waals surface area contributed by atoms with E-state index in [0.717, 1.165) is 37.7 Å². The summed E-state index contributed by atoms with van der Waals surface area (Å²) in [4.78, 5) is 26.9. The molecule has 1 fully saturated rings. The Morgan fingerprint density at radius 1 is 0.941 bits per heavy atom. The number of hydrogen-bond donors (Lipinski definition) is 1. The second-order valence-electron chi connectivity index (χ2n) is 8.05. The largest absolute Gasteiger partial charge is 0.418 e. The summed E-state index contributed by atoms with van der Waals surface area (Å²) in [6.07, 6.45) is 0.236. The molecule has 0 radical (unpaired) electrons. The van der Waals surface area contributed by atoms with Gasteiger partial charge in [0.2, 0.25) is 0 Å². The van der Waals surface area contributed by atoms with E-state index in [1.165, 1.54) is 18.6 Å². The van der Waals surface area contributed by atoms with Crippen LogP contribution < -0.4 is 5.32 Å². The summed E-state index contributed by atoms with van der Waals surface area (Å²) < 4.78 is 40.3. The van der Waals surface area contributed by atoms with Gasteiger partial charge in [-0.05, 0) is 61.4 Å². The standard InChI is InChI=1S/C25H20F3N5O/c26-25(27,28)20-4-3-11-29-22(20)17-7-10-19-21(14-17)30-15-31-23(19)32-18-8-5-16(6-9-18)24(34)33-12-1-2-13-33/h3-11,14-15H,1-2,12-13H2,(H,30,31,32). The molecule has 0 saturated carbocycles. The SMILES string of the molecule is O=C(c1ccc(Nc2ncnc3cc(-c4ncccc4C(F)(F)F)ccc23)cc1)N1CCCC1. The maximum absolute atomic E-state index is 13.4. The van der Waals surface area contributed by atoms with Crippen molar-refractivity contribution in [3.8, 4) is 11.3 Å². The fourth-order valence-electron chi connectivity index (χ4n) is 4.10. The van der Waals surface area contributed by atoms with Crippen LogP contribution >= 0.6 is 0 Å². The molecule has 5 rings (SSSR count). The number of benzene rings is 2. The molecule has 0 unspecified atom stereocenters. The Labute approximate surface area is 193 Å². The number of aromatic nitrogens is 3. The average Bonchev–Trinajstić information content (AvgIpc) is 3.38. The lowest BCUT2D eigenvalue weighted by molar-refractivity contribution is -0.137. The molecule has 2 aromatic carbocycles. The number of alkyl halides is 3. The highest BCUT2D eigenvalue weighted by atomic mass is 19.4. The van der Waals surface area contributed by atoms with E-state index >= 15 is 0 Å². The van der Waals surface area contributed by atoms with Gasteiger partial charge >= 0.3 is 6.18 Å². The summed E-state index contributed by atoms with van der Waals surface area (Å²) in [6, 6.07) is 14.2. The van der Waals surface area contributed by atoms with E-state index < -0.39 is 11.7 Å². The number of carbonyl (C=O) groups is 1. The summed E-state index contributed by atoms with van der Waals surface area (Å²) in [5.74, 6) is 0.532. The lowest BCUT2D eigenvalue weighted by Gasteiger charge is -2.15. The number of halogens is 3. The topological polar surface area (TPSA) is 71.0 Å². The Bertz CT molecular complexity index is 1350. The Kier molecular flexibility index (Phi) is 5.61. The fraction of sp³-hybridized carbons (Fsp3) is 0.200. The Morgan fingerprint density at radius 2 is 1.71 bits per heavy atom. The van der Waals surface area contributed by atoms with Crippen LogP contribution in [0.3, 0.4) is 0 Å². The number of fused-ring (bicyclic) bond motifs is 1. The van der Waals surface area contributed by atoms with Gasteiger partial charge in [0, 0.05) is 41.5 Å². The van der Waals surface area contributed by atoms with Crippen LogP contribution in [0.2, 0.25) is 0 Å². The second kappa shape index (κ2) is 8.74. The van der Waals surface area contributed by atoms with Crippen molar-refractivity contribution in [3.05, 3.63) is 78.2 Å². The van der Waals surface area contributed by atoms with E-state index in [0.29, 0.717) is 27.8 Å². The Morgan fingerprint density at radius 3 is 2.44 bits per heavy atom. The van der Waals surface area contributed by atoms with Crippen LogP contribution in [0.5, 0.6) is 0 Å². The molecule has 2 aromatic heterocycles. The number of hydrogen-bond acceptors (Lipinski definition) is 5. The maximum Gasteiger partial charge on any atom is 0.418 e. The van der Waals surface area contributed by atoms with Crippen molar-refractivity contribution >= 4 is 28.3 Å². The normalized spacial score (nSPS) is 13.9. The summed E-state index contributed by atoms with van der Waals surface area (Å²) >= 11 is 0. The molecule has 1 aliphatic rings. The molecule has 9 heteroatoms. The number of carbonyl (C=O) groups excluding carboxylic acids is 1. The van der Waals surface area contributed by atoms with Gasteiger partial charge in [-0.15, -0.1) is 0 Å². The van der Waals surface area contributed by atoms with Crippen molar-refractivity contribution in [2.45, 2.75) is 19.0 Å². The Hall–Kier alpha value is -4.01. The van der Waals surface area contributed by atoms with Crippen LogP contribution in [-0.4, -0.2) is 38.8 Å². The molecule has 0 spiro atoms. The predicted molar refractivity (Wildman–Crippen MR) is 123 cm³/mol. The zero-order valence-electron chi connectivity index (χ0n) is 18.0. The monoisotopic (exact) mass is 463 g/mol. The number of nitrogens with one attached hydrogen (secondary N) is 1. The van der Waals surface area contributed by atoms with Crippen LogP contribution in [0, 0.1) is 0 Å². The molecule has 172 valence electrons. The lowest BCUT2D eigenvalue weighted by atomic mass is 10.0. The third-order valence-electron chi connectivity index (χ3n) is 5.81. The molecule has 1 N–H and O–H groups in total. The average molecular weight is 463 g/mol. The molecule has 3 heterocycles. The van der Waals surface area contributed by atoms with Crippen LogP contribution in [0.1, 0.15) is 28.8 Å². The number of pyridine rings is 1. The van der Waals surface area contributed by atoms with E-state index in [4.69, 9.17) is 0 Å². The van der Waals surface area contributed by atoms with Gasteiger partial charge in [-0.2, -0.15) is 13.2 Å². The van der Waals surface area contributed by atoms with Gasteiger partial charge in [-0.1, -0.05) is 6.07 Å². The van der Waals surface area contributed by atoms with Crippen molar-refractivity contribution in [2.24, 2.45) is 0 Å². The van der Waals surface area contributed by atoms with Gasteiger partial charge in [0.1, 0.15) is 12.1 Å². The van der Waals surface area contributed by atoms with Gasteiger partial charge < -0.3 is 10.2 Å². The van der Waals surface area contributed by atoms with E-state index in [-0.39, 0.29) is 11.6 Å². The molecular weight excluding hydrogens is 443 g/mol. The number of anilines is 2. The van der Waals surface area contributed by atoms with Crippen molar-refractivity contribution in [3.63, 3.8) is 0 Å². The minimum atomic E-state index is -4.51. The minimum Gasteiger partial charge on any atom is -0.340 e. The Balaban J connectivity index is 1.42. The van der Waals surface area contributed by atoms with E-state index in [2.05, 4.69) is 20.3 Å². The molecule has 0 bridgehead atoms. The van der Waals surface area contributed by atoms with Crippen LogP contribution in [0.15, 0.2) is 67.1 Å². The number of likely N-dealkylation sites (tertiary alicyclic amines) is 1. The maximum atomic E-state index is 13.4. The summed E-state index contributed by atoms with van der Waals surface area (Å²) in [6.45, 7) is 1.58. The van der Waals surface area contributed by atoms with Crippen molar-refractivity contribution in [2.75, 3.05) is 18.4 Å². The van der Waals surface area contributed by atoms with Crippen molar-refractivity contribution in [1.29, 1.82) is 0 Å². The quantitative estimate of drug-likeness (QED) is 0.421. The molecule has 1 amide bonds. The van der Waals surface area contributed by atoms with E-state index in [1.807, 2.05) is 4.90 Å². The van der Waals surface area contributed by atoms with E-state index in [9.17, 15) is 18.0 Å². The summed E-state index contributed by atoms with van der Waals surface area (Å²) in [7, 11) is 0. The van der Waals surface area contributed by atoms with Gasteiger partial charge in [-0.25, -0.2) is 9.97 Å². The highest BCUT2D eigenvalue weighted by molar-refractivity contribution is 5.96. The van der Waals surface area contributed by atoms with Crippen LogP contribution in [0.4, 0.5) is 24.7 Å². The van der Waals surface area contributed by atoms with Gasteiger partial charge in [0.05, 0.1) is 16.8 Å². The van der Waals surface area contributed by atoms with Gasteiger partial charge in [0.15, 0.2) is 0 Å². The van der Waals surface area contributed by atoms with Crippen molar-refractivity contribution in [1.82, 2.24) is 19.9 Å². The highest BCUT2D eigenvalue weighted by Gasteiger charge is 2.34. The molecule has 6 nitrogen and oxygen atoms in total. The fourth-order valence-corrected chi connectivity index (χ4v) is 4.10. The molecule has 34 heavy (non-hydrogen) atoms. The second-order valence-corrected chi connectivity index (χ2v) is 8.05. The number of rotatable bonds is 4. The summed E-state index contributed by atoms with van der Waals surface area (Å²) in [5.41, 5.74) is 1.20. The minimum absolute atomic E-state index is 0.0248. The first-order valence-corrected chi connectivity index (χ1v) is 10.8. The third-order valence-corrected chi connectivity index (χ3v) is 5.81. The zero-order valence-corrected chi connectivity index (χ0v) is 18.0. The van der Waals surface area contributed by atoms with Crippen LogP contribution in [-0.2, 0) is 6.18 Å².